The molecule has 1 aliphatic heterocycles. The summed E-state index contributed by atoms with van der Waals surface area (Å²) in [6.45, 7) is 0. The van der Waals surface area contributed by atoms with Gasteiger partial charge in [0, 0.05) is 0 Å². The van der Waals surface area contributed by atoms with Crippen LogP contribution >= 0.6 is 0 Å². The van der Waals surface area contributed by atoms with E-state index in [1.807, 2.05) is 26.2 Å². The number of hydrogen-bond donors (Lipinski definition) is 1. The summed E-state index contributed by atoms with van der Waals surface area (Å²) in [5.74, 6) is 0. The van der Waals surface area contributed by atoms with Gasteiger partial charge in [-0.25, -0.2) is 0 Å². The fourth-order valence-electron chi connectivity index (χ4n) is 2.52. The molecule has 2 heteroatoms. The third kappa shape index (κ3) is 0.954. The van der Waals surface area contributed by atoms with Crippen molar-refractivity contribution < 1.29 is 5.11 Å². The second-order valence-corrected chi connectivity index (χ2v) is 4.64. The summed E-state index contributed by atoms with van der Waals surface area (Å²) in [5.41, 5.74) is 2.25. The Hall–Kier alpha value is -1.38. The molecule has 0 fully saturated rings. The van der Waals surface area contributed by atoms with E-state index < -0.39 is 6.23 Å². The molecule has 1 heterocycles. The summed E-state index contributed by atoms with van der Waals surface area (Å²) >= 11 is 0. The molecular formula is C13H14NO+. The van der Waals surface area contributed by atoms with Crippen molar-refractivity contribution in [2.45, 2.75) is 6.23 Å². The van der Waals surface area contributed by atoms with Crippen molar-refractivity contribution in [1.29, 1.82) is 0 Å². The van der Waals surface area contributed by atoms with Crippen LogP contribution in [0.3, 0.4) is 0 Å². The van der Waals surface area contributed by atoms with E-state index in [0.717, 1.165) is 5.56 Å². The highest BCUT2D eigenvalue weighted by atomic mass is 16.3. The first-order valence-corrected chi connectivity index (χ1v) is 5.16. The lowest BCUT2D eigenvalue weighted by Crippen LogP contribution is -2.40. The minimum atomic E-state index is -0.439. The van der Waals surface area contributed by atoms with Gasteiger partial charge in [-0.2, -0.15) is 0 Å². The SMILES string of the molecule is C[N+]1(C)c2cccc3cccc(c23)[C@@H]1O. The molecule has 2 aromatic carbocycles. The molecule has 0 saturated carbocycles. The van der Waals surface area contributed by atoms with Crippen molar-refractivity contribution in [3.8, 4) is 0 Å². The van der Waals surface area contributed by atoms with E-state index in [0.29, 0.717) is 4.48 Å². The van der Waals surface area contributed by atoms with Crippen molar-refractivity contribution >= 4 is 16.5 Å². The minimum Gasteiger partial charge on any atom is -0.341 e. The fourth-order valence-corrected chi connectivity index (χ4v) is 2.52. The molecule has 0 unspecified atom stereocenters. The van der Waals surface area contributed by atoms with Crippen LogP contribution in [0.1, 0.15) is 11.8 Å². The van der Waals surface area contributed by atoms with Gasteiger partial charge in [0.25, 0.3) is 0 Å². The van der Waals surface area contributed by atoms with Crippen molar-refractivity contribution in [2.24, 2.45) is 0 Å². The second kappa shape index (κ2) is 2.60. The summed E-state index contributed by atoms with van der Waals surface area (Å²) in [4.78, 5) is 0. The summed E-state index contributed by atoms with van der Waals surface area (Å²) in [7, 11) is 4.08. The molecule has 1 aliphatic rings. The van der Waals surface area contributed by atoms with Gasteiger partial charge in [0.1, 0.15) is 5.69 Å². The number of rotatable bonds is 0. The van der Waals surface area contributed by atoms with Crippen LogP contribution in [-0.4, -0.2) is 19.2 Å². The van der Waals surface area contributed by atoms with Gasteiger partial charge in [-0.3, -0.25) is 4.48 Å². The number of nitrogens with zero attached hydrogens (tertiary/aromatic N) is 1. The molecule has 0 radical (unpaired) electrons. The smallest absolute Gasteiger partial charge is 0.222 e. The van der Waals surface area contributed by atoms with Gasteiger partial charge in [-0.05, 0) is 17.5 Å². The van der Waals surface area contributed by atoms with E-state index in [1.54, 1.807) is 0 Å². The summed E-state index contributed by atoms with van der Waals surface area (Å²) in [6, 6.07) is 12.4. The van der Waals surface area contributed by atoms with Crippen LogP contribution in [0, 0.1) is 0 Å². The van der Waals surface area contributed by atoms with E-state index in [-0.39, 0.29) is 0 Å². The molecule has 3 rings (SSSR count). The summed E-state index contributed by atoms with van der Waals surface area (Å²) in [6.07, 6.45) is -0.439. The van der Waals surface area contributed by atoms with Gasteiger partial charge in [-0.1, -0.05) is 24.3 Å². The zero-order valence-electron chi connectivity index (χ0n) is 8.94. The maximum Gasteiger partial charge on any atom is 0.222 e. The Kier molecular flexibility index (Phi) is 1.54. The highest BCUT2D eigenvalue weighted by molar-refractivity contribution is 5.98. The quantitative estimate of drug-likeness (QED) is 0.647. The maximum absolute atomic E-state index is 10.3. The molecule has 76 valence electrons. The monoisotopic (exact) mass is 200 g/mol. The molecule has 0 amide bonds. The fraction of sp³-hybridized carbons (Fsp3) is 0.231. The Bertz CT molecular complexity index is 540. The first kappa shape index (κ1) is 8.89. The molecule has 15 heavy (non-hydrogen) atoms. The molecule has 0 aliphatic carbocycles. The average Bonchev–Trinajstić information content (AvgIpc) is 2.43. The number of aliphatic hydroxyl groups is 1. The third-order valence-electron chi connectivity index (χ3n) is 3.43. The van der Waals surface area contributed by atoms with Crippen molar-refractivity contribution in [1.82, 2.24) is 4.48 Å². The molecule has 2 aromatic rings. The Morgan fingerprint density at radius 2 is 1.73 bits per heavy atom. The molecule has 1 N–H and O–H groups in total. The normalized spacial score (nSPS) is 22.2. The lowest BCUT2D eigenvalue weighted by Gasteiger charge is -2.28. The number of benzene rings is 2. The molecule has 2 nitrogen and oxygen atoms in total. The van der Waals surface area contributed by atoms with E-state index in [4.69, 9.17) is 0 Å². The van der Waals surface area contributed by atoms with Gasteiger partial charge in [0.2, 0.25) is 6.23 Å². The Balaban J connectivity index is 2.51. The summed E-state index contributed by atoms with van der Waals surface area (Å²) in [5, 5.41) is 12.7. The predicted molar refractivity (Wildman–Crippen MR) is 62.5 cm³/mol. The van der Waals surface area contributed by atoms with Crippen molar-refractivity contribution in [2.75, 3.05) is 14.1 Å². The van der Waals surface area contributed by atoms with Gasteiger partial charge in [0.15, 0.2) is 0 Å². The largest absolute Gasteiger partial charge is 0.341 e. The van der Waals surface area contributed by atoms with Crippen LogP contribution in [0.25, 0.3) is 10.8 Å². The zero-order valence-corrected chi connectivity index (χ0v) is 8.94. The Morgan fingerprint density at radius 3 is 2.47 bits per heavy atom. The third-order valence-corrected chi connectivity index (χ3v) is 3.43. The topological polar surface area (TPSA) is 20.2 Å². The van der Waals surface area contributed by atoms with E-state index in [2.05, 4.69) is 24.3 Å². The van der Waals surface area contributed by atoms with Crippen LogP contribution in [0.4, 0.5) is 5.69 Å². The highest BCUT2D eigenvalue weighted by Crippen LogP contribution is 2.45. The molecule has 1 atom stereocenters. The van der Waals surface area contributed by atoms with Gasteiger partial charge in [-0.15, -0.1) is 0 Å². The van der Waals surface area contributed by atoms with Crippen molar-refractivity contribution in [3.63, 3.8) is 0 Å². The van der Waals surface area contributed by atoms with Crippen molar-refractivity contribution in [3.05, 3.63) is 42.0 Å². The first-order valence-electron chi connectivity index (χ1n) is 5.16. The van der Waals surface area contributed by atoms with Gasteiger partial charge >= 0.3 is 0 Å². The minimum absolute atomic E-state index is 0.439. The zero-order chi connectivity index (χ0) is 10.6. The van der Waals surface area contributed by atoms with Gasteiger partial charge < -0.3 is 5.11 Å². The maximum atomic E-state index is 10.3. The number of aliphatic hydroxyl groups excluding tert-OH is 1. The lowest BCUT2D eigenvalue weighted by atomic mass is 10.1. The Morgan fingerprint density at radius 1 is 1.07 bits per heavy atom. The first-order chi connectivity index (χ1) is 7.12. The van der Waals surface area contributed by atoms with Crippen LogP contribution in [0.5, 0.6) is 0 Å². The molecular weight excluding hydrogens is 186 g/mol. The van der Waals surface area contributed by atoms with Crippen LogP contribution < -0.4 is 4.48 Å². The lowest BCUT2D eigenvalue weighted by molar-refractivity contribution is 0.0522. The van der Waals surface area contributed by atoms with Crippen LogP contribution in [0.2, 0.25) is 0 Å². The van der Waals surface area contributed by atoms with E-state index in [9.17, 15) is 5.11 Å². The van der Waals surface area contributed by atoms with Crippen LogP contribution in [-0.2, 0) is 0 Å². The van der Waals surface area contributed by atoms with Gasteiger partial charge in [0.05, 0.1) is 25.0 Å². The number of hydrogen-bond acceptors (Lipinski definition) is 1. The number of quaternary nitrogens is 1. The molecule has 0 aromatic heterocycles. The molecule has 0 bridgehead atoms. The predicted octanol–water partition coefficient (Wildman–Crippen LogP) is 2.41. The molecule has 0 spiro atoms. The van der Waals surface area contributed by atoms with E-state index >= 15 is 0 Å². The Labute approximate surface area is 89.0 Å². The van der Waals surface area contributed by atoms with Crippen LogP contribution in [0.15, 0.2) is 36.4 Å². The highest BCUT2D eigenvalue weighted by Gasteiger charge is 2.40. The summed E-state index contributed by atoms with van der Waals surface area (Å²) < 4.78 is 0.524. The standard InChI is InChI=1S/C13H14NO/c1-14(2)11-8-4-6-9-5-3-7-10(12(9)11)13(14)15/h3-8,13,15H,1-2H3/q+1/t13-/m0/s1. The molecule has 0 saturated heterocycles. The average molecular weight is 200 g/mol. The van der Waals surface area contributed by atoms with E-state index in [1.165, 1.54) is 16.5 Å². The second-order valence-electron chi connectivity index (χ2n) is 4.64.